The van der Waals surface area contributed by atoms with Crippen LogP contribution in [0.2, 0.25) is 5.02 Å². The van der Waals surface area contributed by atoms with Gasteiger partial charge in [-0.25, -0.2) is 0 Å². The van der Waals surface area contributed by atoms with Crippen LogP contribution in [-0.4, -0.2) is 18.3 Å². The van der Waals surface area contributed by atoms with Crippen LogP contribution < -0.4 is 9.47 Å². The maximum absolute atomic E-state index is 10.8. The molecule has 1 N–H and O–H groups in total. The highest BCUT2D eigenvalue weighted by Gasteiger charge is 2.38. The summed E-state index contributed by atoms with van der Waals surface area (Å²) in [6.45, 7) is 7.09. The second-order valence-corrected chi connectivity index (χ2v) is 6.36. The van der Waals surface area contributed by atoms with Gasteiger partial charge in [0, 0.05) is 11.6 Å². The molecule has 4 heteroatoms. The molecule has 0 radical (unpaired) electrons. The van der Waals surface area contributed by atoms with Crippen molar-refractivity contribution in [2.24, 2.45) is 5.41 Å². The van der Waals surface area contributed by atoms with Crippen LogP contribution in [0, 0.1) is 5.41 Å². The molecule has 1 aromatic carbocycles. The zero-order valence-electron chi connectivity index (χ0n) is 13.1. The van der Waals surface area contributed by atoms with Crippen molar-refractivity contribution in [1.82, 2.24) is 0 Å². The van der Waals surface area contributed by atoms with E-state index in [1.54, 1.807) is 6.07 Å². The third-order valence-electron chi connectivity index (χ3n) is 4.36. The average Bonchev–Trinajstić information content (AvgIpc) is 2.89. The molecule has 2 rings (SSSR count). The first kappa shape index (κ1) is 16.4. The Bertz CT molecular complexity index is 481. The lowest BCUT2D eigenvalue weighted by Gasteiger charge is -2.31. The number of hydrogen-bond acceptors (Lipinski definition) is 3. The molecule has 3 nitrogen and oxygen atoms in total. The molecule has 1 aliphatic rings. The fourth-order valence-corrected chi connectivity index (χ4v) is 3.39. The normalized spacial score (nSPS) is 18.5. The van der Waals surface area contributed by atoms with Crippen molar-refractivity contribution < 1.29 is 14.6 Å². The third-order valence-corrected chi connectivity index (χ3v) is 4.69. The summed E-state index contributed by atoms with van der Waals surface area (Å²) in [6.07, 6.45) is 3.83. The SMILES string of the molecule is CCOc1cc(Cl)c(C(O)C2(C)CCCC2)cc1OCC. The van der Waals surface area contributed by atoms with Gasteiger partial charge in [-0.3, -0.25) is 0 Å². The Morgan fingerprint density at radius 3 is 2.19 bits per heavy atom. The maximum Gasteiger partial charge on any atom is 0.162 e. The first-order valence-corrected chi connectivity index (χ1v) is 8.16. The van der Waals surface area contributed by atoms with E-state index in [0.29, 0.717) is 29.7 Å². The van der Waals surface area contributed by atoms with E-state index in [0.717, 1.165) is 18.4 Å². The molecule has 1 atom stereocenters. The number of benzene rings is 1. The third kappa shape index (κ3) is 3.46. The number of aliphatic hydroxyl groups is 1. The fraction of sp³-hybridized carbons (Fsp3) is 0.647. The minimum atomic E-state index is -0.567. The number of hydrogen-bond donors (Lipinski definition) is 1. The maximum atomic E-state index is 10.8. The zero-order chi connectivity index (χ0) is 15.5. The van der Waals surface area contributed by atoms with Crippen LogP contribution in [0.25, 0.3) is 0 Å². The zero-order valence-corrected chi connectivity index (χ0v) is 13.9. The van der Waals surface area contributed by atoms with Crippen molar-refractivity contribution >= 4 is 11.6 Å². The molecule has 118 valence electrons. The number of rotatable bonds is 6. The highest BCUT2D eigenvalue weighted by molar-refractivity contribution is 6.31. The Labute approximate surface area is 132 Å². The minimum Gasteiger partial charge on any atom is -0.490 e. The lowest BCUT2D eigenvalue weighted by molar-refractivity contribution is 0.0406. The van der Waals surface area contributed by atoms with Crippen LogP contribution in [-0.2, 0) is 0 Å². The van der Waals surface area contributed by atoms with E-state index in [4.69, 9.17) is 21.1 Å². The summed E-state index contributed by atoms with van der Waals surface area (Å²) in [5.41, 5.74) is 0.647. The van der Waals surface area contributed by atoms with Crippen molar-refractivity contribution in [1.29, 1.82) is 0 Å². The van der Waals surface area contributed by atoms with Gasteiger partial charge in [-0.2, -0.15) is 0 Å². The topological polar surface area (TPSA) is 38.7 Å². The minimum absolute atomic E-state index is 0.0970. The summed E-state index contributed by atoms with van der Waals surface area (Å²) in [7, 11) is 0. The molecule has 1 unspecified atom stereocenters. The van der Waals surface area contributed by atoms with Crippen LogP contribution in [0.5, 0.6) is 11.5 Å². The Balaban J connectivity index is 2.36. The van der Waals surface area contributed by atoms with E-state index in [2.05, 4.69) is 6.92 Å². The van der Waals surface area contributed by atoms with E-state index in [1.165, 1.54) is 12.8 Å². The quantitative estimate of drug-likeness (QED) is 0.823. The van der Waals surface area contributed by atoms with Gasteiger partial charge in [-0.15, -0.1) is 0 Å². The number of aliphatic hydroxyl groups excluding tert-OH is 1. The van der Waals surface area contributed by atoms with Gasteiger partial charge >= 0.3 is 0 Å². The molecule has 0 spiro atoms. The molecule has 0 saturated heterocycles. The summed E-state index contributed by atoms with van der Waals surface area (Å²) in [5.74, 6) is 1.29. The highest BCUT2D eigenvalue weighted by atomic mass is 35.5. The molecule has 21 heavy (non-hydrogen) atoms. The molecule has 0 heterocycles. The van der Waals surface area contributed by atoms with E-state index in [-0.39, 0.29) is 5.41 Å². The summed E-state index contributed by atoms with van der Waals surface area (Å²) in [6, 6.07) is 3.60. The van der Waals surface area contributed by atoms with Crippen LogP contribution in [0.1, 0.15) is 58.1 Å². The summed E-state index contributed by atoms with van der Waals surface area (Å²) >= 11 is 6.38. The van der Waals surface area contributed by atoms with Crippen LogP contribution >= 0.6 is 11.6 Å². The van der Waals surface area contributed by atoms with Gasteiger partial charge in [-0.05, 0) is 38.2 Å². The average molecular weight is 313 g/mol. The molecule has 1 aliphatic carbocycles. The van der Waals surface area contributed by atoms with Crippen LogP contribution in [0.3, 0.4) is 0 Å². The molecule has 0 amide bonds. The standard InChI is InChI=1S/C17H25ClO3/c1-4-20-14-10-12(13(18)11-15(14)21-5-2)16(19)17(3)8-6-7-9-17/h10-11,16,19H,4-9H2,1-3H3. The molecule has 1 fully saturated rings. The Kier molecular flexibility index (Phi) is 5.39. The van der Waals surface area contributed by atoms with Gasteiger partial charge in [0.05, 0.1) is 24.3 Å². The van der Waals surface area contributed by atoms with E-state index < -0.39 is 6.10 Å². The smallest absolute Gasteiger partial charge is 0.162 e. The second kappa shape index (κ2) is 6.89. The molecule has 0 aromatic heterocycles. The van der Waals surface area contributed by atoms with Crippen molar-refractivity contribution in [3.8, 4) is 11.5 Å². The van der Waals surface area contributed by atoms with Gasteiger partial charge in [0.15, 0.2) is 11.5 Å². The van der Waals surface area contributed by atoms with E-state index >= 15 is 0 Å². The highest BCUT2D eigenvalue weighted by Crippen LogP contribution is 2.49. The van der Waals surface area contributed by atoms with Gasteiger partial charge < -0.3 is 14.6 Å². The monoisotopic (exact) mass is 312 g/mol. The van der Waals surface area contributed by atoms with Gasteiger partial charge in [0.1, 0.15) is 0 Å². The molecule has 1 saturated carbocycles. The van der Waals surface area contributed by atoms with Gasteiger partial charge in [0.25, 0.3) is 0 Å². The van der Waals surface area contributed by atoms with Crippen molar-refractivity contribution in [3.63, 3.8) is 0 Å². The van der Waals surface area contributed by atoms with Crippen molar-refractivity contribution in [2.45, 2.75) is 52.6 Å². The van der Waals surface area contributed by atoms with Gasteiger partial charge in [0.2, 0.25) is 0 Å². The summed E-state index contributed by atoms with van der Waals surface area (Å²) in [4.78, 5) is 0. The van der Waals surface area contributed by atoms with E-state index in [1.807, 2.05) is 19.9 Å². The van der Waals surface area contributed by atoms with Crippen molar-refractivity contribution in [3.05, 3.63) is 22.7 Å². The lowest BCUT2D eigenvalue weighted by atomic mass is 9.79. The predicted molar refractivity (Wildman–Crippen MR) is 85.3 cm³/mol. The van der Waals surface area contributed by atoms with Gasteiger partial charge in [-0.1, -0.05) is 31.4 Å². The number of halogens is 1. The summed E-state index contributed by atoms with van der Waals surface area (Å²) in [5, 5.41) is 11.3. The second-order valence-electron chi connectivity index (χ2n) is 5.95. The Morgan fingerprint density at radius 2 is 1.67 bits per heavy atom. The molecular weight excluding hydrogens is 288 g/mol. The van der Waals surface area contributed by atoms with E-state index in [9.17, 15) is 5.11 Å². The summed E-state index contributed by atoms with van der Waals surface area (Å²) < 4.78 is 11.2. The lowest BCUT2D eigenvalue weighted by Crippen LogP contribution is -2.22. The molecule has 0 bridgehead atoms. The molecule has 0 aliphatic heterocycles. The van der Waals surface area contributed by atoms with Crippen LogP contribution in [0.4, 0.5) is 0 Å². The first-order valence-electron chi connectivity index (χ1n) is 7.79. The molecule has 1 aromatic rings. The van der Waals surface area contributed by atoms with Crippen molar-refractivity contribution in [2.75, 3.05) is 13.2 Å². The Hall–Kier alpha value is -0.930. The predicted octanol–water partition coefficient (Wildman–Crippen LogP) is 4.75. The fourth-order valence-electron chi connectivity index (χ4n) is 3.13. The molecular formula is C17H25ClO3. The van der Waals surface area contributed by atoms with Crippen LogP contribution in [0.15, 0.2) is 12.1 Å². The largest absolute Gasteiger partial charge is 0.490 e. The first-order chi connectivity index (χ1) is 10.0. The number of ether oxygens (including phenoxy) is 2. The Morgan fingerprint density at radius 1 is 1.14 bits per heavy atom.